The second-order valence-electron chi connectivity index (χ2n) is 9.46. The molecule has 2 atom stereocenters. The lowest BCUT2D eigenvalue weighted by molar-refractivity contribution is -0.138. The lowest BCUT2D eigenvalue weighted by atomic mass is 9.89. The van der Waals surface area contributed by atoms with Gasteiger partial charge in [0.2, 0.25) is 5.95 Å². The first-order valence-electron chi connectivity index (χ1n) is 11.6. The van der Waals surface area contributed by atoms with E-state index < -0.39 is 21.4 Å². The third kappa shape index (κ3) is 5.16. The van der Waals surface area contributed by atoms with E-state index in [0.29, 0.717) is 38.0 Å². The summed E-state index contributed by atoms with van der Waals surface area (Å²) in [7, 11) is -2.20. The number of aromatic nitrogens is 3. The van der Waals surface area contributed by atoms with Crippen molar-refractivity contribution in [2.75, 3.05) is 37.3 Å². The van der Waals surface area contributed by atoms with Gasteiger partial charge < -0.3 is 9.64 Å². The summed E-state index contributed by atoms with van der Waals surface area (Å²) in [6.45, 7) is 2.65. The molecule has 3 aliphatic rings. The van der Waals surface area contributed by atoms with Crippen molar-refractivity contribution < 1.29 is 22.1 Å². The highest BCUT2D eigenvalue weighted by Crippen LogP contribution is 2.37. The molecule has 0 N–H and O–H groups in total. The zero-order chi connectivity index (χ0) is 24.8. The van der Waals surface area contributed by atoms with Gasteiger partial charge in [0.15, 0.2) is 0 Å². The molecule has 0 amide bonds. The fourth-order valence-corrected chi connectivity index (χ4v) is 5.81. The van der Waals surface area contributed by atoms with Crippen molar-refractivity contribution in [3.8, 4) is 5.75 Å². The second-order valence-corrected chi connectivity index (χ2v) is 11.9. The molecule has 2 unspecified atom stereocenters. The molecule has 188 valence electrons. The largest absolute Gasteiger partial charge is 0.488 e. The van der Waals surface area contributed by atoms with Crippen LogP contribution in [-0.2, 0) is 22.3 Å². The molecule has 1 saturated heterocycles. The zero-order valence-corrected chi connectivity index (χ0v) is 20.3. The van der Waals surface area contributed by atoms with E-state index in [9.17, 15) is 17.4 Å². The molecule has 2 aromatic rings. The van der Waals surface area contributed by atoms with Crippen molar-refractivity contribution in [2.24, 2.45) is 5.92 Å². The van der Waals surface area contributed by atoms with Crippen LogP contribution in [0.15, 0.2) is 30.7 Å². The first-order valence-corrected chi connectivity index (χ1v) is 13.7. The summed E-state index contributed by atoms with van der Waals surface area (Å²) in [5.74, 6) is 5.26. The van der Waals surface area contributed by atoms with Crippen LogP contribution in [0.3, 0.4) is 0 Å². The summed E-state index contributed by atoms with van der Waals surface area (Å²) in [4.78, 5) is 14.4. The maximum atomic E-state index is 12.8. The second kappa shape index (κ2) is 9.09. The van der Waals surface area contributed by atoms with Crippen LogP contribution in [0.25, 0.3) is 5.57 Å². The van der Waals surface area contributed by atoms with Crippen molar-refractivity contribution >= 4 is 27.1 Å². The van der Waals surface area contributed by atoms with Gasteiger partial charge in [0.05, 0.1) is 17.5 Å². The summed E-state index contributed by atoms with van der Waals surface area (Å²) in [5.41, 5.74) is 2.40. The molecule has 7 nitrogen and oxygen atoms in total. The number of halogens is 3. The SMILES string of the molecule is C=S(C)(=O)N1CC=C(c2cc3c(cn2)OC(C2CCN(c4ncc(C(F)(F)F)cn4)CC2)C3)CC1. The highest BCUT2D eigenvalue weighted by atomic mass is 32.2. The molecule has 0 bridgehead atoms. The van der Waals surface area contributed by atoms with E-state index in [1.165, 1.54) is 0 Å². The molecule has 0 radical (unpaired) electrons. The van der Waals surface area contributed by atoms with Gasteiger partial charge >= 0.3 is 6.18 Å². The average molecular weight is 508 g/mol. The van der Waals surface area contributed by atoms with Crippen LogP contribution in [0.1, 0.15) is 36.1 Å². The highest BCUT2D eigenvalue weighted by Gasteiger charge is 2.35. The summed E-state index contributed by atoms with van der Waals surface area (Å²) in [6, 6.07) is 2.11. The first-order chi connectivity index (χ1) is 16.6. The Morgan fingerprint density at radius 2 is 1.83 bits per heavy atom. The van der Waals surface area contributed by atoms with Gasteiger partial charge in [-0.15, -0.1) is 0 Å². The maximum Gasteiger partial charge on any atom is 0.419 e. The summed E-state index contributed by atoms with van der Waals surface area (Å²) < 4.78 is 58.6. The average Bonchev–Trinajstić information content (AvgIpc) is 3.27. The molecular formula is C24H28F3N5O2S. The molecule has 0 aliphatic carbocycles. The molecule has 0 saturated carbocycles. The molecule has 2 aromatic heterocycles. The number of hydrogen-bond donors (Lipinski definition) is 0. The van der Waals surface area contributed by atoms with Crippen molar-refractivity contribution in [1.82, 2.24) is 19.3 Å². The predicted octanol–water partition coefficient (Wildman–Crippen LogP) is 3.46. The Hall–Kier alpha value is -2.66. The quantitative estimate of drug-likeness (QED) is 0.591. The number of fused-ring (bicyclic) bond motifs is 1. The Kier molecular flexibility index (Phi) is 6.25. The van der Waals surface area contributed by atoms with E-state index in [4.69, 9.17) is 4.74 Å². The van der Waals surface area contributed by atoms with Crippen LogP contribution in [0.4, 0.5) is 19.1 Å². The third-order valence-electron chi connectivity index (χ3n) is 7.01. The van der Waals surface area contributed by atoms with E-state index in [2.05, 4.69) is 33.0 Å². The molecule has 0 aromatic carbocycles. The Bertz CT molecular complexity index is 1220. The van der Waals surface area contributed by atoms with E-state index >= 15 is 0 Å². The number of rotatable bonds is 4. The number of ether oxygens (including phenoxy) is 1. The number of hydrogen-bond acceptors (Lipinski definition) is 6. The lowest BCUT2D eigenvalue weighted by Gasteiger charge is -2.34. The molecule has 5 heterocycles. The monoisotopic (exact) mass is 507 g/mol. The minimum atomic E-state index is -4.44. The highest BCUT2D eigenvalue weighted by molar-refractivity contribution is 7.97. The fourth-order valence-electron chi connectivity index (χ4n) is 4.95. The number of pyridine rings is 1. The summed E-state index contributed by atoms with van der Waals surface area (Å²) >= 11 is 0. The molecule has 3 aliphatic heterocycles. The lowest BCUT2D eigenvalue weighted by Crippen LogP contribution is -2.40. The molecule has 0 spiro atoms. The summed E-state index contributed by atoms with van der Waals surface area (Å²) in [6.07, 6.45) is 6.15. The van der Waals surface area contributed by atoms with Crippen LogP contribution in [-0.4, -0.2) is 67.9 Å². The van der Waals surface area contributed by atoms with Crippen molar-refractivity contribution in [3.63, 3.8) is 0 Å². The van der Waals surface area contributed by atoms with Gasteiger partial charge in [-0.05, 0) is 42.7 Å². The minimum Gasteiger partial charge on any atom is -0.488 e. The maximum absolute atomic E-state index is 12.8. The van der Waals surface area contributed by atoms with Gasteiger partial charge in [-0.25, -0.2) is 14.3 Å². The normalized spacial score (nSPS) is 23.4. The van der Waals surface area contributed by atoms with Crippen LogP contribution in [0.2, 0.25) is 0 Å². The standard InChI is InChI=1S/C24H28F3N5O2S/c1-35(2,33)32-9-5-16(6-10-32)20-11-18-12-21(34-22(18)15-28-20)17-3-7-31(8-4-17)23-29-13-19(14-30-23)24(25,26)27/h5,11,13-15,17,21H,1,3-4,6-10,12H2,2H3. The van der Waals surface area contributed by atoms with Gasteiger partial charge in [0.1, 0.15) is 11.9 Å². The van der Waals surface area contributed by atoms with Crippen LogP contribution in [0.5, 0.6) is 5.75 Å². The smallest absolute Gasteiger partial charge is 0.419 e. The number of piperidine rings is 1. The fraction of sp³-hybridized carbons (Fsp3) is 0.500. The van der Waals surface area contributed by atoms with E-state index in [1.54, 1.807) is 12.5 Å². The van der Waals surface area contributed by atoms with Crippen molar-refractivity contribution in [3.05, 3.63) is 47.6 Å². The first kappa shape index (κ1) is 24.1. The van der Waals surface area contributed by atoms with Gasteiger partial charge in [-0.3, -0.25) is 9.19 Å². The minimum absolute atomic E-state index is 0.0597. The van der Waals surface area contributed by atoms with E-state index in [0.717, 1.165) is 60.7 Å². The Balaban J connectivity index is 1.18. The topological polar surface area (TPSA) is 71.5 Å². The van der Waals surface area contributed by atoms with Gasteiger partial charge in [0.25, 0.3) is 0 Å². The number of alkyl halides is 3. The van der Waals surface area contributed by atoms with Crippen molar-refractivity contribution in [2.45, 2.75) is 38.0 Å². The molecule has 1 fully saturated rings. The number of anilines is 1. The molecular weight excluding hydrogens is 479 g/mol. The molecule has 5 rings (SSSR count). The van der Waals surface area contributed by atoms with Gasteiger partial charge in [-0.1, -0.05) is 6.08 Å². The van der Waals surface area contributed by atoms with E-state index in [1.807, 2.05) is 9.21 Å². The van der Waals surface area contributed by atoms with Crippen molar-refractivity contribution in [1.29, 1.82) is 0 Å². The predicted molar refractivity (Wildman–Crippen MR) is 130 cm³/mol. The molecule has 11 heteroatoms. The molecule has 35 heavy (non-hydrogen) atoms. The van der Waals surface area contributed by atoms with Gasteiger partial charge in [0, 0.05) is 66.5 Å². The van der Waals surface area contributed by atoms with Crippen LogP contribution >= 0.6 is 0 Å². The third-order valence-corrected chi connectivity index (χ3v) is 8.43. The Labute approximate surface area is 203 Å². The van der Waals surface area contributed by atoms with Crippen LogP contribution in [0, 0.1) is 5.92 Å². The Morgan fingerprint density at radius 3 is 2.43 bits per heavy atom. The summed E-state index contributed by atoms with van der Waals surface area (Å²) in [5, 5.41) is 0. The number of nitrogens with zero attached hydrogens (tertiary/aromatic N) is 5. The Morgan fingerprint density at radius 1 is 1.11 bits per heavy atom. The van der Waals surface area contributed by atoms with Gasteiger partial charge in [-0.2, -0.15) is 13.2 Å². The zero-order valence-electron chi connectivity index (χ0n) is 19.5. The van der Waals surface area contributed by atoms with E-state index in [-0.39, 0.29) is 6.10 Å². The van der Waals surface area contributed by atoms with Crippen LogP contribution < -0.4 is 9.64 Å².